The van der Waals surface area contributed by atoms with Crippen molar-refractivity contribution < 1.29 is 91.4 Å². The van der Waals surface area contributed by atoms with Crippen molar-refractivity contribution in [2.24, 2.45) is 45.3 Å². The summed E-state index contributed by atoms with van der Waals surface area (Å²) in [6, 6.07) is 79.4. The second kappa shape index (κ2) is 41.1. The van der Waals surface area contributed by atoms with Crippen LogP contribution in [0.5, 0.6) is 23.0 Å². The quantitative estimate of drug-likeness (QED) is 0.00887. The summed E-state index contributed by atoms with van der Waals surface area (Å²) in [5.41, 5.74) is 9.00. The minimum atomic E-state index is -0.951. The smallest absolute Gasteiger partial charge is 0.313 e. The molecule has 4 fully saturated rings. The molecule has 13 rings (SSSR count). The highest BCUT2D eigenvalue weighted by Crippen LogP contribution is 2.59. The van der Waals surface area contributed by atoms with E-state index in [0.717, 1.165) is 73.1 Å². The van der Waals surface area contributed by atoms with Crippen LogP contribution in [0.4, 0.5) is 0 Å². The fourth-order valence-corrected chi connectivity index (χ4v) is 14.0. The molecule has 23 heteroatoms. The molecule has 0 unspecified atom stereocenters. The monoisotopic (exact) mass is 1560 g/mol. The summed E-state index contributed by atoms with van der Waals surface area (Å²) < 4.78 is 43.4. The highest BCUT2D eigenvalue weighted by molar-refractivity contribution is 5.96. The van der Waals surface area contributed by atoms with Gasteiger partial charge in [-0.15, -0.1) is 0 Å². The van der Waals surface area contributed by atoms with Gasteiger partial charge in [0, 0.05) is 15.0 Å². The first-order valence-electron chi connectivity index (χ1n) is 37.3. The fourth-order valence-electron chi connectivity index (χ4n) is 14.0. The molecule has 4 aliphatic rings. The number of carbonyl (C=O) groups is 8. The third-order valence-corrected chi connectivity index (χ3v) is 20.5. The lowest BCUT2D eigenvalue weighted by Gasteiger charge is -2.21. The average Bonchev–Trinajstić information content (AvgIpc) is 1.59. The Balaban J connectivity index is 0.000000191. The predicted octanol–water partition coefficient (Wildman–Crippen LogP) is 14.0. The van der Waals surface area contributed by atoms with Gasteiger partial charge in [0.1, 0.15) is 55.0 Å². The molecule has 9 aromatic rings. The summed E-state index contributed by atoms with van der Waals surface area (Å²) in [5, 5.41) is 21.2. The van der Waals surface area contributed by atoms with Crippen molar-refractivity contribution in [3.05, 3.63) is 299 Å². The molecule has 5 N–H and O–H groups in total. The molecule has 4 saturated carbocycles. The van der Waals surface area contributed by atoms with E-state index in [9.17, 15) is 43.5 Å². The van der Waals surface area contributed by atoms with Crippen LogP contribution in [-0.2, 0) is 121 Å². The van der Waals surface area contributed by atoms with Gasteiger partial charge in [0.15, 0.2) is 0 Å². The van der Waals surface area contributed by atoms with E-state index < -0.39 is 68.8 Å². The number of carboxylic acids is 1. The normalized spacial score (nSPS) is 20.0. The van der Waals surface area contributed by atoms with E-state index in [1.54, 1.807) is 5.48 Å². The number of hydrogen-bond donors (Lipinski definition) is 5. The number of hydrogen-bond acceptors (Lipinski definition) is 18. The molecule has 3 amide bonds. The maximum atomic E-state index is 13.1. The molecule has 0 aromatic heterocycles. The van der Waals surface area contributed by atoms with Crippen molar-refractivity contribution in [1.82, 2.24) is 16.3 Å². The summed E-state index contributed by atoms with van der Waals surface area (Å²) in [6.07, 6.45) is 3.23. The Hall–Kier alpha value is -12.1. The topological polar surface area (TPSA) is 296 Å². The lowest BCUT2D eigenvalue weighted by Crippen LogP contribution is -2.37. The minimum Gasteiger partial charge on any atom is -0.489 e. The Morgan fingerprint density at radius 3 is 0.948 bits per heavy atom. The Morgan fingerprint density at radius 2 is 0.652 bits per heavy atom. The Bertz CT molecular complexity index is 4640. The van der Waals surface area contributed by atoms with Crippen molar-refractivity contribution in [3.8, 4) is 23.0 Å². The SMILES string of the molecule is C.COC(=O)[C@@]1(Cc2ccc(OCc3ccccc3)cc2)C[C@@H]1C(=O)O.COC(=O)[C@@]1(Cc2ccc(OCc3ccccc3)cc2)C[C@@H]1C(=O)OC(C)(C)C.CONC(=O)[C@H]1C[C@]1(Cc1ccc(OCc2ccccc2)cc1)C(=O)OC.O=C(NO)[C@H]1C[C@]1(Cc1ccc(OCc2ccccc2)cc1)C(=O)NCc1ccccc1.[B]. The lowest BCUT2D eigenvalue weighted by atomic mass is 9.92. The van der Waals surface area contributed by atoms with Crippen molar-refractivity contribution in [2.75, 3.05) is 28.4 Å². The van der Waals surface area contributed by atoms with Crippen LogP contribution in [0.2, 0.25) is 0 Å². The zero-order valence-electron chi connectivity index (χ0n) is 65.1. The van der Waals surface area contributed by atoms with E-state index >= 15 is 0 Å². The average molecular weight is 1560 g/mol. The number of esters is 4. The van der Waals surface area contributed by atoms with Crippen LogP contribution < -0.4 is 35.2 Å². The molecule has 22 nitrogen and oxygen atoms in total. The van der Waals surface area contributed by atoms with Crippen LogP contribution in [0.1, 0.15) is 104 Å². The van der Waals surface area contributed by atoms with Crippen LogP contribution in [0.3, 0.4) is 0 Å². The highest BCUT2D eigenvalue weighted by Gasteiger charge is 2.67. The van der Waals surface area contributed by atoms with Crippen molar-refractivity contribution in [3.63, 3.8) is 0 Å². The van der Waals surface area contributed by atoms with Gasteiger partial charge < -0.3 is 48.3 Å². The molecular weight excluding hydrogens is 1460 g/mol. The van der Waals surface area contributed by atoms with E-state index in [0.29, 0.717) is 84.3 Å². The fraction of sp³-hybridized carbons (Fsp3) is 0.326. The largest absolute Gasteiger partial charge is 0.489 e. The summed E-state index contributed by atoms with van der Waals surface area (Å²) in [5.74, 6) is -2.67. The number of amides is 3. The number of hydroxylamine groups is 2. The summed E-state index contributed by atoms with van der Waals surface area (Å²) in [7, 11) is 5.36. The van der Waals surface area contributed by atoms with Gasteiger partial charge in [-0.25, -0.2) is 11.0 Å². The molecule has 0 aliphatic heterocycles. The third kappa shape index (κ3) is 24.2. The third-order valence-electron chi connectivity index (χ3n) is 20.5. The van der Waals surface area contributed by atoms with Crippen LogP contribution >= 0.6 is 0 Å². The van der Waals surface area contributed by atoms with Gasteiger partial charge in [-0.2, -0.15) is 0 Å². The number of methoxy groups -OCH3 is 3. The van der Waals surface area contributed by atoms with Gasteiger partial charge in [0.2, 0.25) is 17.7 Å². The molecule has 0 spiro atoms. The zero-order valence-corrected chi connectivity index (χ0v) is 65.1. The number of carbonyl (C=O) groups excluding carboxylic acids is 7. The Morgan fingerprint density at radius 1 is 0.374 bits per heavy atom. The van der Waals surface area contributed by atoms with Crippen LogP contribution in [0, 0.1) is 45.3 Å². The molecule has 115 heavy (non-hydrogen) atoms. The maximum Gasteiger partial charge on any atom is 0.313 e. The second-order valence-electron chi connectivity index (χ2n) is 29.7. The first kappa shape index (κ1) is 88.5. The zero-order chi connectivity index (χ0) is 80.6. The first-order valence-corrected chi connectivity index (χ1v) is 37.3. The molecule has 4 aliphatic carbocycles. The van der Waals surface area contributed by atoms with E-state index in [-0.39, 0.29) is 45.6 Å². The lowest BCUT2D eigenvalue weighted by molar-refractivity contribution is -0.161. The molecule has 0 heterocycles. The van der Waals surface area contributed by atoms with Crippen LogP contribution in [-0.4, -0.2) is 100 Å². The van der Waals surface area contributed by atoms with Crippen molar-refractivity contribution >= 4 is 56.0 Å². The van der Waals surface area contributed by atoms with Gasteiger partial charge >= 0.3 is 29.8 Å². The molecule has 601 valence electrons. The van der Waals surface area contributed by atoms with Gasteiger partial charge in [0.05, 0.1) is 73.8 Å². The maximum absolute atomic E-state index is 13.1. The van der Waals surface area contributed by atoms with Gasteiger partial charge in [0.25, 0.3) is 0 Å². The van der Waals surface area contributed by atoms with Gasteiger partial charge in [-0.3, -0.25) is 48.4 Å². The summed E-state index contributed by atoms with van der Waals surface area (Å²) in [6.45, 7) is 7.79. The predicted molar refractivity (Wildman–Crippen MR) is 431 cm³/mol. The van der Waals surface area contributed by atoms with Gasteiger partial charge in [-0.05, 0) is 171 Å². The number of nitrogens with one attached hydrogen (secondary N) is 3. The summed E-state index contributed by atoms with van der Waals surface area (Å²) >= 11 is 0. The number of benzene rings is 9. The van der Waals surface area contributed by atoms with E-state index in [4.69, 9.17) is 43.1 Å². The number of rotatable bonds is 31. The summed E-state index contributed by atoms with van der Waals surface area (Å²) in [4.78, 5) is 102. The molecule has 0 saturated heterocycles. The highest BCUT2D eigenvalue weighted by atomic mass is 16.6. The second-order valence-corrected chi connectivity index (χ2v) is 29.7. The first-order chi connectivity index (χ1) is 54.5. The van der Waals surface area contributed by atoms with Gasteiger partial charge in [-0.1, -0.05) is 208 Å². The van der Waals surface area contributed by atoms with E-state index in [2.05, 4.69) is 15.6 Å². The van der Waals surface area contributed by atoms with E-state index in [1.807, 2.05) is 269 Å². The van der Waals surface area contributed by atoms with Crippen LogP contribution in [0.15, 0.2) is 249 Å². The van der Waals surface area contributed by atoms with Crippen LogP contribution in [0.25, 0.3) is 0 Å². The molecule has 0 bridgehead atoms. The van der Waals surface area contributed by atoms with E-state index in [1.165, 1.54) is 28.4 Å². The number of ether oxygens (including phenoxy) is 8. The van der Waals surface area contributed by atoms with Crippen molar-refractivity contribution in [2.45, 2.75) is 118 Å². The minimum absolute atomic E-state index is 0. The number of aliphatic carboxylic acids is 1. The Kier molecular flexibility index (Phi) is 31.6. The number of carboxylic acid groups (broad SMARTS) is 1. The molecule has 9 aromatic carbocycles. The van der Waals surface area contributed by atoms with Crippen molar-refractivity contribution in [1.29, 1.82) is 0 Å². The standard InChI is InChI=1S/C26H26N2O4.C24H28O5.C21H23NO5.C20H20O5.CH4.B/c29-24(28-31)23-16-26(23,25(30)27-17-20-7-3-1-4-8-20)15-19-11-13-22(14-12-19)32-18-21-9-5-2-6-10-21;1-23(2,3)29-21(25)20-15-24(20,22(26)27-4)14-17-10-12-19(13-11-17)28-16-18-8-6-5-7-9-18;1-25-20(24)21(13-18(21)19(23)22-26-2)12-15-8-10-17(11-9-15)27-14-16-6-4-3-5-7-16;1-24-19(23)20(12-17(20)18(21)22)11-14-7-9-16(10-8-14)25-13-15-5-3-2-4-6-15;;/h1-14,23,31H,15-18H2,(H,27,30)(H,28,29);5-13,20H,14-16H2,1-4H3;3-11,18H,12-14H2,1-2H3,(H,22,23);2-10,17H,11-13H2,1H3,(H,21,22);1H4;/t23-,26+;20-,24+;18-,21+;17-,20+;;/m1111../s1. The Labute approximate surface area is 674 Å². The molecular formula is C92H101BN3O19. The molecule has 3 radical (unpaired) electrons. The molecule has 8 atom stereocenters.